The molecule has 0 aliphatic carbocycles. The first-order valence-electron chi connectivity index (χ1n) is 8.36. The second-order valence-corrected chi connectivity index (χ2v) is 6.29. The fraction of sp³-hybridized carbons (Fsp3) is 0.263. The van der Waals surface area contributed by atoms with Crippen LogP contribution in [0.25, 0.3) is 0 Å². The highest BCUT2D eigenvalue weighted by atomic mass is 19.4. The molecule has 2 aromatic rings. The predicted octanol–water partition coefficient (Wildman–Crippen LogP) is 5.01. The van der Waals surface area contributed by atoms with Crippen molar-refractivity contribution < 1.29 is 40.7 Å². The van der Waals surface area contributed by atoms with Crippen LogP contribution in [0.4, 0.5) is 37.7 Å². The summed E-state index contributed by atoms with van der Waals surface area (Å²) in [7, 11) is 0. The summed E-state index contributed by atoms with van der Waals surface area (Å²) in [6.45, 7) is 2.18. The van der Waals surface area contributed by atoms with E-state index in [4.69, 9.17) is 4.74 Å². The van der Waals surface area contributed by atoms with Crippen LogP contribution >= 0.6 is 0 Å². The van der Waals surface area contributed by atoms with Gasteiger partial charge in [-0.25, -0.2) is 0 Å². The number of ether oxygens (including phenoxy) is 1. The number of rotatable bonds is 5. The van der Waals surface area contributed by atoms with E-state index in [9.17, 15) is 35.9 Å². The molecule has 2 aromatic carbocycles. The van der Waals surface area contributed by atoms with Crippen LogP contribution in [0.15, 0.2) is 36.4 Å². The van der Waals surface area contributed by atoms with Gasteiger partial charge >= 0.3 is 12.4 Å². The number of nitrogens with one attached hydrogen (secondary N) is 2. The van der Waals surface area contributed by atoms with Crippen molar-refractivity contribution in [3.05, 3.63) is 53.1 Å². The van der Waals surface area contributed by atoms with Crippen LogP contribution in [0.1, 0.15) is 23.6 Å². The molecule has 30 heavy (non-hydrogen) atoms. The van der Waals surface area contributed by atoms with E-state index in [1.54, 1.807) is 13.0 Å². The summed E-state index contributed by atoms with van der Waals surface area (Å²) in [5.41, 5.74) is -1.72. The molecule has 0 radical (unpaired) electrons. The number of carbonyl (C=O) groups excluding carboxylic acids is 2. The average Bonchev–Trinajstić information content (AvgIpc) is 2.60. The van der Waals surface area contributed by atoms with Crippen molar-refractivity contribution >= 4 is 23.2 Å². The van der Waals surface area contributed by atoms with Crippen molar-refractivity contribution in [2.24, 2.45) is 0 Å². The lowest BCUT2D eigenvalue weighted by atomic mass is 10.1. The third kappa shape index (κ3) is 6.39. The highest BCUT2D eigenvalue weighted by Gasteiger charge is 2.37. The molecular weight excluding hydrogens is 418 g/mol. The van der Waals surface area contributed by atoms with Crippen LogP contribution in [0.5, 0.6) is 5.75 Å². The molecule has 0 atom stereocenters. The van der Waals surface area contributed by atoms with E-state index in [0.29, 0.717) is 23.4 Å². The lowest BCUT2D eigenvalue weighted by Gasteiger charge is -2.15. The number of halogens is 6. The maximum absolute atomic E-state index is 12.9. The van der Waals surface area contributed by atoms with Gasteiger partial charge in [-0.3, -0.25) is 9.59 Å². The lowest BCUT2D eigenvalue weighted by molar-refractivity contribution is -0.143. The summed E-state index contributed by atoms with van der Waals surface area (Å²) in [4.78, 5) is 23.2. The Morgan fingerprint density at radius 3 is 1.97 bits per heavy atom. The minimum absolute atomic E-state index is 0.0389. The van der Waals surface area contributed by atoms with Gasteiger partial charge < -0.3 is 15.4 Å². The van der Waals surface area contributed by atoms with E-state index in [2.05, 4.69) is 10.6 Å². The summed E-state index contributed by atoms with van der Waals surface area (Å²) < 4.78 is 82.0. The van der Waals surface area contributed by atoms with Gasteiger partial charge in [0.2, 0.25) is 5.91 Å². The van der Waals surface area contributed by atoms with Crippen LogP contribution < -0.4 is 15.4 Å². The van der Waals surface area contributed by atoms with E-state index in [1.807, 2.05) is 0 Å². The van der Waals surface area contributed by atoms with Crippen LogP contribution in [0, 0.1) is 6.92 Å². The first kappa shape index (κ1) is 23.0. The standard InChI is InChI=1S/C19H16F6N2O3/c1-10-3-4-14(8-16(10)26-11(2)28)27-17(29)9-30-15-6-12(18(20,21)22)5-13(7-15)19(23,24)25/h3-8H,9H2,1-2H3,(H,26,28)(H,27,29). The lowest BCUT2D eigenvalue weighted by Crippen LogP contribution is -2.21. The molecule has 2 amide bonds. The largest absolute Gasteiger partial charge is 0.484 e. The fourth-order valence-corrected chi connectivity index (χ4v) is 2.38. The Balaban J connectivity index is 2.13. The van der Waals surface area contributed by atoms with Gasteiger partial charge in [0.1, 0.15) is 5.75 Å². The summed E-state index contributed by atoms with van der Waals surface area (Å²) in [5, 5.41) is 4.93. The maximum Gasteiger partial charge on any atom is 0.416 e. The molecule has 0 aliphatic heterocycles. The Labute approximate surface area is 167 Å². The SMILES string of the molecule is CC(=O)Nc1cc(NC(=O)COc2cc(C(F)(F)F)cc(C(F)(F)F)c2)ccc1C. The molecule has 0 bridgehead atoms. The molecule has 162 valence electrons. The van der Waals surface area contributed by atoms with E-state index in [-0.39, 0.29) is 17.7 Å². The molecule has 0 aliphatic rings. The Hall–Kier alpha value is -3.24. The maximum atomic E-state index is 12.9. The zero-order valence-corrected chi connectivity index (χ0v) is 15.7. The third-order valence-electron chi connectivity index (χ3n) is 3.76. The number of alkyl halides is 6. The number of hydrogen-bond acceptors (Lipinski definition) is 3. The Kier molecular flexibility index (Phi) is 6.63. The van der Waals surface area contributed by atoms with E-state index >= 15 is 0 Å². The van der Waals surface area contributed by atoms with Gasteiger partial charge in [-0.15, -0.1) is 0 Å². The van der Waals surface area contributed by atoms with Crippen molar-refractivity contribution in [2.75, 3.05) is 17.2 Å². The second kappa shape index (κ2) is 8.64. The quantitative estimate of drug-likeness (QED) is 0.651. The first-order chi connectivity index (χ1) is 13.8. The first-order valence-corrected chi connectivity index (χ1v) is 8.36. The Morgan fingerprint density at radius 1 is 0.900 bits per heavy atom. The highest BCUT2D eigenvalue weighted by molar-refractivity contribution is 5.94. The number of anilines is 2. The normalized spacial score (nSPS) is 11.7. The Bertz CT molecular complexity index is 922. The molecule has 2 rings (SSSR count). The minimum atomic E-state index is -5.02. The number of benzene rings is 2. The van der Waals surface area contributed by atoms with Crippen LogP contribution in [0.3, 0.4) is 0 Å². The van der Waals surface area contributed by atoms with Gasteiger partial charge in [-0.05, 0) is 42.8 Å². The van der Waals surface area contributed by atoms with Gasteiger partial charge in [0, 0.05) is 18.3 Å². The predicted molar refractivity (Wildman–Crippen MR) is 96.1 cm³/mol. The highest BCUT2D eigenvalue weighted by Crippen LogP contribution is 2.38. The molecule has 0 fully saturated rings. The van der Waals surface area contributed by atoms with Crippen molar-refractivity contribution in [1.82, 2.24) is 0 Å². The zero-order valence-electron chi connectivity index (χ0n) is 15.7. The molecule has 5 nitrogen and oxygen atoms in total. The third-order valence-corrected chi connectivity index (χ3v) is 3.76. The summed E-state index contributed by atoms with van der Waals surface area (Å²) in [6, 6.07) is 5.27. The van der Waals surface area contributed by atoms with E-state index < -0.39 is 41.7 Å². The molecule has 0 aromatic heterocycles. The summed E-state index contributed by atoms with van der Waals surface area (Å²) >= 11 is 0. The minimum Gasteiger partial charge on any atom is -0.484 e. The smallest absolute Gasteiger partial charge is 0.416 e. The fourth-order valence-electron chi connectivity index (χ4n) is 2.38. The van der Waals surface area contributed by atoms with Crippen molar-refractivity contribution in [3.8, 4) is 5.75 Å². The molecule has 0 saturated carbocycles. The Morgan fingerprint density at radius 2 is 1.47 bits per heavy atom. The molecule has 11 heteroatoms. The topological polar surface area (TPSA) is 67.4 Å². The van der Waals surface area contributed by atoms with Crippen molar-refractivity contribution in [1.29, 1.82) is 0 Å². The molecule has 0 heterocycles. The van der Waals surface area contributed by atoms with Crippen LogP contribution in [-0.4, -0.2) is 18.4 Å². The zero-order chi connectivity index (χ0) is 22.7. The molecule has 0 saturated heterocycles. The monoisotopic (exact) mass is 434 g/mol. The molecular formula is C19H16F6N2O3. The molecule has 0 unspecified atom stereocenters. The number of aryl methyl sites for hydroxylation is 1. The second-order valence-electron chi connectivity index (χ2n) is 6.29. The van der Waals surface area contributed by atoms with Crippen LogP contribution in [0.2, 0.25) is 0 Å². The van der Waals surface area contributed by atoms with Gasteiger partial charge in [0.25, 0.3) is 5.91 Å². The molecule has 2 N–H and O–H groups in total. The van der Waals surface area contributed by atoms with Crippen LogP contribution in [-0.2, 0) is 21.9 Å². The van der Waals surface area contributed by atoms with E-state index in [0.717, 1.165) is 0 Å². The number of carbonyl (C=O) groups is 2. The summed E-state index contributed by atoms with van der Waals surface area (Å²) in [5.74, 6) is -1.91. The van der Waals surface area contributed by atoms with Gasteiger partial charge in [0.15, 0.2) is 6.61 Å². The number of hydrogen-bond donors (Lipinski definition) is 2. The summed E-state index contributed by atoms with van der Waals surface area (Å²) in [6.07, 6.45) is -10.0. The van der Waals surface area contributed by atoms with Gasteiger partial charge in [-0.2, -0.15) is 26.3 Å². The van der Waals surface area contributed by atoms with E-state index in [1.165, 1.54) is 19.1 Å². The van der Waals surface area contributed by atoms with Crippen molar-refractivity contribution in [2.45, 2.75) is 26.2 Å². The van der Waals surface area contributed by atoms with Crippen molar-refractivity contribution in [3.63, 3.8) is 0 Å². The van der Waals surface area contributed by atoms with Gasteiger partial charge in [0.05, 0.1) is 11.1 Å². The molecule has 0 spiro atoms. The van der Waals surface area contributed by atoms with Gasteiger partial charge in [-0.1, -0.05) is 6.07 Å². The average molecular weight is 434 g/mol. The number of amides is 2.